The average Bonchev–Trinajstić information content (AvgIpc) is 2.00. The van der Waals surface area contributed by atoms with E-state index in [1.54, 1.807) is 0 Å². The van der Waals surface area contributed by atoms with Crippen LogP contribution in [0.4, 0.5) is 0 Å². The van der Waals surface area contributed by atoms with E-state index < -0.39 is 5.66 Å². The van der Waals surface area contributed by atoms with Crippen LogP contribution >= 0.6 is 0 Å². The summed E-state index contributed by atoms with van der Waals surface area (Å²) in [6, 6.07) is 0. The van der Waals surface area contributed by atoms with E-state index in [4.69, 9.17) is 10.6 Å². The van der Waals surface area contributed by atoms with E-state index in [2.05, 4.69) is 19.3 Å². The number of hydrogen-bond acceptors (Lipinski definition) is 3. The molecule has 2 atom stereocenters. The molecule has 67 valence electrons. The normalized spacial score (nSPS) is 19.4. The summed E-state index contributed by atoms with van der Waals surface area (Å²) in [5.41, 5.74) is 7.75. The van der Waals surface area contributed by atoms with E-state index in [9.17, 15) is 0 Å². The van der Waals surface area contributed by atoms with Gasteiger partial charge in [-0.15, -0.1) is 0 Å². The van der Waals surface area contributed by atoms with Gasteiger partial charge in [-0.05, 0) is 26.7 Å². The number of hydroxylamine groups is 1. The Labute approximate surface area is 69.3 Å². The number of rotatable bonds is 5. The summed E-state index contributed by atoms with van der Waals surface area (Å²) in [5.74, 6) is 0. The maximum absolute atomic E-state index is 5.67. The highest BCUT2D eigenvalue weighted by Gasteiger charge is 2.15. The van der Waals surface area contributed by atoms with Crippen LogP contribution in [0.15, 0.2) is 0 Å². The maximum atomic E-state index is 5.67. The molecule has 0 rings (SSSR count). The molecule has 2 unspecified atom stereocenters. The molecule has 0 bridgehead atoms. The summed E-state index contributed by atoms with van der Waals surface area (Å²) in [4.78, 5) is 5.21. The van der Waals surface area contributed by atoms with Crippen molar-refractivity contribution in [3.8, 4) is 0 Å². The van der Waals surface area contributed by atoms with E-state index in [1.807, 2.05) is 13.8 Å². The van der Waals surface area contributed by atoms with Gasteiger partial charge in [0, 0.05) is 0 Å². The minimum Gasteiger partial charge on any atom is -0.312 e. The quantitative estimate of drug-likeness (QED) is 0.468. The second kappa shape index (κ2) is 4.70. The largest absolute Gasteiger partial charge is 0.312 e. The summed E-state index contributed by atoms with van der Waals surface area (Å²) in [7, 11) is 0. The lowest BCUT2D eigenvalue weighted by atomic mass is 10.2. The van der Waals surface area contributed by atoms with Crippen LogP contribution in [0.1, 0.15) is 33.6 Å². The Morgan fingerprint density at radius 1 is 1.64 bits per heavy atom. The predicted octanol–water partition coefficient (Wildman–Crippen LogP) is 1.21. The lowest BCUT2D eigenvalue weighted by molar-refractivity contribution is -0.0554. The van der Waals surface area contributed by atoms with Gasteiger partial charge in [0.15, 0.2) is 0 Å². The van der Waals surface area contributed by atoms with Crippen LogP contribution in [-0.2, 0) is 4.84 Å². The molecule has 3 N–H and O–H groups in total. The topological polar surface area (TPSA) is 47.3 Å². The number of hydrogen-bond donors (Lipinski definition) is 2. The fourth-order valence-electron chi connectivity index (χ4n) is 0.373. The highest BCUT2D eigenvalue weighted by molar-refractivity contribution is 4.78. The summed E-state index contributed by atoms with van der Waals surface area (Å²) >= 11 is 0. The highest BCUT2D eigenvalue weighted by atomic mass is 16.7. The van der Waals surface area contributed by atoms with Crippen LogP contribution in [0.25, 0.3) is 0 Å². The summed E-state index contributed by atoms with van der Waals surface area (Å²) in [6.07, 6.45) is 1.89. The number of nitrogens with one attached hydrogen (secondary N) is 1. The lowest BCUT2D eigenvalue weighted by Crippen LogP contribution is -2.51. The molecule has 3 nitrogen and oxygen atoms in total. The standard InChI is InChI=1S/C8H19N2O/c1-5-7(3)11-10-8(4,9)6-2/h7,10H,4-6,9H2,1-3H3. The van der Waals surface area contributed by atoms with Crippen molar-refractivity contribution in [3.05, 3.63) is 6.92 Å². The van der Waals surface area contributed by atoms with Crippen LogP contribution in [0.5, 0.6) is 0 Å². The second-order valence-corrected chi connectivity index (χ2v) is 2.95. The Morgan fingerprint density at radius 3 is 2.55 bits per heavy atom. The molecule has 0 fully saturated rings. The SMILES string of the molecule is [CH2]C(N)(CC)NOC(C)CC. The van der Waals surface area contributed by atoms with Crippen LogP contribution < -0.4 is 11.2 Å². The molecule has 0 aliphatic rings. The zero-order valence-electron chi connectivity index (χ0n) is 7.68. The van der Waals surface area contributed by atoms with Crippen molar-refractivity contribution in [3.63, 3.8) is 0 Å². The van der Waals surface area contributed by atoms with E-state index in [1.165, 1.54) is 0 Å². The minimum absolute atomic E-state index is 0.186. The van der Waals surface area contributed by atoms with E-state index in [-0.39, 0.29) is 6.10 Å². The van der Waals surface area contributed by atoms with Crippen molar-refractivity contribution < 1.29 is 4.84 Å². The Bertz CT molecular complexity index is 104. The first-order valence-electron chi connectivity index (χ1n) is 4.09. The van der Waals surface area contributed by atoms with Crippen LogP contribution in [0, 0.1) is 6.92 Å². The zero-order valence-corrected chi connectivity index (χ0v) is 7.68. The Morgan fingerprint density at radius 2 is 2.18 bits per heavy atom. The van der Waals surface area contributed by atoms with Gasteiger partial charge in [0.1, 0.15) is 0 Å². The van der Waals surface area contributed by atoms with E-state index >= 15 is 0 Å². The average molecular weight is 159 g/mol. The van der Waals surface area contributed by atoms with Crippen molar-refractivity contribution in [2.75, 3.05) is 0 Å². The predicted molar refractivity (Wildman–Crippen MR) is 46.5 cm³/mol. The molecule has 11 heavy (non-hydrogen) atoms. The second-order valence-electron chi connectivity index (χ2n) is 2.95. The highest BCUT2D eigenvalue weighted by Crippen LogP contribution is 2.01. The lowest BCUT2D eigenvalue weighted by Gasteiger charge is -2.25. The molecule has 1 radical (unpaired) electrons. The van der Waals surface area contributed by atoms with Crippen molar-refractivity contribution in [2.24, 2.45) is 5.73 Å². The Balaban J connectivity index is 3.52. The van der Waals surface area contributed by atoms with Gasteiger partial charge < -0.3 is 5.73 Å². The Hall–Kier alpha value is -0.120. The van der Waals surface area contributed by atoms with Gasteiger partial charge in [0.2, 0.25) is 0 Å². The maximum Gasteiger partial charge on any atom is 0.0896 e. The van der Waals surface area contributed by atoms with Crippen molar-refractivity contribution in [1.82, 2.24) is 5.48 Å². The number of nitrogens with two attached hydrogens (primary N) is 1. The molecule has 0 aliphatic heterocycles. The first-order chi connectivity index (χ1) is 5.02. The third kappa shape index (κ3) is 5.18. The summed E-state index contributed by atoms with van der Waals surface area (Å²) in [5, 5.41) is 0. The molecule has 0 aromatic heterocycles. The molecule has 0 saturated carbocycles. The third-order valence-electron chi connectivity index (χ3n) is 1.67. The first kappa shape index (κ1) is 10.9. The van der Waals surface area contributed by atoms with E-state index in [0.717, 1.165) is 12.8 Å². The van der Waals surface area contributed by atoms with Crippen molar-refractivity contribution in [2.45, 2.75) is 45.4 Å². The molecule has 3 heteroatoms. The van der Waals surface area contributed by atoms with Crippen LogP contribution in [0.2, 0.25) is 0 Å². The van der Waals surface area contributed by atoms with Gasteiger partial charge in [-0.3, -0.25) is 4.84 Å². The minimum atomic E-state index is -0.649. The smallest absolute Gasteiger partial charge is 0.0896 e. The van der Waals surface area contributed by atoms with Gasteiger partial charge in [-0.1, -0.05) is 13.8 Å². The van der Waals surface area contributed by atoms with Gasteiger partial charge in [-0.2, -0.15) is 5.48 Å². The fourth-order valence-corrected chi connectivity index (χ4v) is 0.373. The fraction of sp³-hybridized carbons (Fsp3) is 0.875. The van der Waals surface area contributed by atoms with Gasteiger partial charge in [-0.25, -0.2) is 0 Å². The van der Waals surface area contributed by atoms with Crippen molar-refractivity contribution >= 4 is 0 Å². The zero-order chi connectivity index (χ0) is 8.91. The third-order valence-corrected chi connectivity index (χ3v) is 1.67. The van der Waals surface area contributed by atoms with Crippen LogP contribution in [-0.4, -0.2) is 11.8 Å². The van der Waals surface area contributed by atoms with E-state index in [0.29, 0.717) is 0 Å². The molecule has 0 aromatic rings. The summed E-state index contributed by atoms with van der Waals surface area (Å²) < 4.78 is 0. The molecule has 0 aromatic carbocycles. The molecule has 0 aliphatic carbocycles. The molecule has 0 spiro atoms. The van der Waals surface area contributed by atoms with Gasteiger partial charge in [0.05, 0.1) is 11.8 Å². The summed E-state index contributed by atoms with van der Waals surface area (Å²) in [6.45, 7) is 9.73. The molecule has 0 amide bonds. The first-order valence-corrected chi connectivity index (χ1v) is 4.09. The van der Waals surface area contributed by atoms with Crippen molar-refractivity contribution in [1.29, 1.82) is 0 Å². The molecule has 0 saturated heterocycles. The van der Waals surface area contributed by atoms with Crippen LogP contribution in [0.3, 0.4) is 0 Å². The Kier molecular flexibility index (Phi) is 4.65. The molecule has 0 heterocycles. The molecular formula is C8H19N2O. The van der Waals surface area contributed by atoms with Gasteiger partial charge >= 0.3 is 0 Å². The molecular weight excluding hydrogens is 140 g/mol. The van der Waals surface area contributed by atoms with Gasteiger partial charge in [0.25, 0.3) is 0 Å². The monoisotopic (exact) mass is 159 g/mol.